The lowest BCUT2D eigenvalue weighted by Crippen LogP contribution is -2.58. The van der Waals surface area contributed by atoms with E-state index in [2.05, 4.69) is 27.6 Å². The van der Waals surface area contributed by atoms with E-state index in [1.54, 1.807) is 13.1 Å². The molecule has 0 aromatic carbocycles. The molecule has 0 fully saturated rings. The Hall–Kier alpha value is -2.25. The van der Waals surface area contributed by atoms with Gasteiger partial charge in [0.25, 0.3) is 5.91 Å². The van der Waals surface area contributed by atoms with E-state index in [9.17, 15) is 4.79 Å². The van der Waals surface area contributed by atoms with Crippen LogP contribution >= 0.6 is 0 Å². The number of carbonyl (C=O) groups excluding carboxylic acids is 1. The van der Waals surface area contributed by atoms with Crippen LogP contribution in [0.1, 0.15) is 70.7 Å². The molecule has 2 heterocycles. The van der Waals surface area contributed by atoms with E-state index in [0.717, 1.165) is 24.1 Å². The Bertz CT molecular complexity index is 830. The number of hydrogen-bond donors (Lipinski definition) is 1. The number of amides is 1. The third kappa shape index (κ3) is 4.27. The largest absolute Gasteiger partial charge is 0.379 e. The first-order valence-electron chi connectivity index (χ1n) is 10.9. The number of hydrogen-bond acceptors (Lipinski definition) is 6. The number of allylic oxidation sites excluding steroid dienone is 1. The molecule has 0 saturated carbocycles. The van der Waals surface area contributed by atoms with Crippen LogP contribution in [0, 0.1) is 0 Å². The number of nitrogens with one attached hydrogen (secondary N) is 1. The fourth-order valence-corrected chi connectivity index (χ4v) is 4.13. The smallest absolute Gasteiger partial charge is 0.267 e. The Balaban J connectivity index is 1.74. The molecule has 1 amide bonds. The highest BCUT2D eigenvalue weighted by atomic mass is 16.7. The number of ether oxygens (including phenoxy) is 2. The second kappa shape index (κ2) is 9.27. The van der Waals surface area contributed by atoms with E-state index in [-0.39, 0.29) is 11.9 Å². The van der Waals surface area contributed by atoms with Gasteiger partial charge in [-0.15, -0.1) is 0 Å². The lowest BCUT2D eigenvalue weighted by atomic mass is 9.91. The maximum Gasteiger partial charge on any atom is 0.267 e. The van der Waals surface area contributed by atoms with Gasteiger partial charge in [0, 0.05) is 37.8 Å². The van der Waals surface area contributed by atoms with Crippen molar-refractivity contribution in [2.45, 2.75) is 77.7 Å². The van der Waals surface area contributed by atoms with Crippen molar-refractivity contribution in [3.63, 3.8) is 0 Å². The third-order valence-corrected chi connectivity index (χ3v) is 5.84. The van der Waals surface area contributed by atoms with Crippen molar-refractivity contribution in [3.05, 3.63) is 35.2 Å². The number of carbonyl (C=O) groups is 1. The summed E-state index contributed by atoms with van der Waals surface area (Å²) in [5.41, 5.74) is 2.70. The van der Waals surface area contributed by atoms with Gasteiger partial charge in [0.05, 0.1) is 11.7 Å². The molecule has 1 aliphatic heterocycles. The maximum atomic E-state index is 13.2. The summed E-state index contributed by atoms with van der Waals surface area (Å²) < 4.78 is 11.8. The average molecular weight is 416 g/mol. The lowest BCUT2D eigenvalue weighted by Gasteiger charge is -2.38. The van der Waals surface area contributed by atoms with Crippen LogP contribution in [0.5, 0.6) is 0 Å². The van der Waals surface area contributed by atoms with Gasteiger partial charge in [0.1, 0.15) is 5.71 Å². The number of oxime groups is 1. The molecule has 0 bridgehead atoms. The second-order valence-corrected chi connectivity index (χ2v) is 7.94. The summed E-state index contributed by atoms with van der Waals surface area (Å²) >= 11 is 0. The predicted molar refractivity (Wildman–Crippen MR) is 116 cm³/mol. The molecule has 2 atom stereocenters. The van der Waals surface area contributed by atoms with Crippen molar-refractivity contribution < 1.29 is 19.1 Å². The van der Waals surface area contributed by atoms with Gasteiger partial charge in [0.15, 0.2) is 5.79 Å². The SMILES string of the molecule is CCOC(CC)(OCC)C(C)NC(=O)C1(C)CC(c2nccc3c2C=CCC3)=NO1. The molecule has 0 spiro atoms. The third-order valence-electron chi connectivity index (χ3n) is 5.84. The van der Waals surface area contributed by atoms with Crippen LogP contribution in [0.25, 0.3) is 6.08 Å². The van der Waals surface area contributed by atoms with Crippen molar-refractivity contribution in [3.8, 4) is 0 Å². The second-order valence-electron chi connectivity index (χ2n) is 7.94. The van der Waals surface area contributed by atoms with Gasteiger partial charge in [-0.25, -0.2) is 0 Å². The van der Waals surface area contributed by atoms with Crippen molar-refractivity contribution in [1.29, 1.82) is 0 Å². The van der Waals surface area contributed by atoms with Crippen LogP contribution in [0.15, 0.2) is 23.5 Å². The van der Waals surface area contributed by atoms with E-state index in [1.807, 2.05) is 33.8 Å². The summed E-state index contributed by atoms with van der Waals surface area (Å²) in [6.45, 7) is 10.5. The van der Waals surface area contributed by atoms with Gasteiger partial charge in [0.2, 0.25) is 5.60 Å². The lowest BCUT2D eigenvalue weighted by molar-refractivity contribution is -0.249. The molecule has 1 aromatic heterocycles. The first-order chi connectivity index (χ1) is 14.4. The minimum atomic E-state index is -1.11. The summed E-state index contributed by atoms with van der Waals surface area (Å²) in [5.74, 6) is -1.12. The molecule has 3 rings (SSSR count). The van der Waals surface area contributed by atoms with E-state index in [0.29, 0.717) is 31.8 Å². The average Bonchev–Trinajstić information content (AvgIpc) is 3.16. The first-order valence-corrected chi connectivity index (χ1v) is 10.9. The molecular weight excluding hydrogens is 382 g/mol. The molecule has 1 aromatic rings. The zero-order valence-corrected chi connectivity index (χ0v) is 18.7. The van der Waals surface area contributed by atoms with Crippen molar-refractivity contribution in [2.24, 2.45) is 5.16 Å². The molecule has 0 radical (unpaired) electrons. The van der Waals surface area contributed by atoms with Gasteiger partial charge in [-0.1, -0.05) is 24.2 Å². The topological polar surface area (TPSA) is 82.0 Å². The highest BCUT2D eigenvalue weighted by Gasteiger charge is 2.46. The Morgan fingerprint density at radius 3 is 2.73 bits per heavy atom. The molecule has 0 saturated heterocycles. The molecule has 7 nitrogen and oxygen atoms in total. The van der Waals surface area contributed by atoms with Crippen molar-refractivity contribution in [2.75, 3.05) is 13.2 Å². The van der Waals surface area contributed by atoms with Crippen LogP contribution in [0.4, 0.5) is 0 Å². The van der Waals surface area contributed by atoms with Crippen molar-refractivity contribution in [1.82, 2.24) is 10.3 Å². The fraction of sp³-hybridized carbons (Fsp3) is 0.609. The van der Waals surface area contributed by atoms with Crippen LogP contribution in [-0.4, -0.2) is 47.2 Å². The first kappa shape index (κ1) is 22.4. The van der Waals surface area contributed by atoms with E-state index in [4.69, 9.17) is 14.3 Å². The Morgan fingerprint density at radius 2 is 2.07 bits per heavy atom. The summed E-state index contributed by atoms with van der Waals surface area (Å²) in [7, 11) is 0. The molecule has 1 N–H and O–H groups in total. The highest BCUT2D eigenvalue weighted by molar-refractivity contribution is 6.06. The molecule has 30 heavy (non-hydrogen) atoms. The minimum Gasteiger partial charge on any atom is -0.379 e. The summed E-state index contributed by atoms with van der Waals surface area (Å²) in [5, 5.41) is 7.28. The fourth-order valence-electron chi connectivity index (χ4n) is 4.13. The summed E-state index contributed by atoms with van der Waals surface area (Å²) in [4.78, 5) is 23.3. The number of pyridine rings is 1. The van der Waals surface area contributed by atoms with Gasteiger partial charge < -0.3 is 19.6 Å². The van der Waals surface area contributed by atoms with Crippen LogP contribution in [-0.2, 0) is 25.5 Å². The zero-order chi connectivity index (χ0) is 21.8. The number of aryl methyl sites for hydroxylation is 1. The zero-order valence-electron chi connectivity index (χ0n) is 18.7. The normalized spacial score (nSPS) is 21.6. The number of nitrogens with zero attached hydrogens (tertiary/aromatic N) is 2. The van der Waals surface area contributed by atoms with Gasteiger partial charge in [-0.05, 0) is 52.2 Å². The van der Waals surface area contributed by atoms with Gasteiger partial charge in [-0.3, -0.25) is 9.78 Å². The molecular formula is C23H33N3O4. The Labute approximate surface area is 178 Å². The maximum absolute atomic E-state index is 13.2. The number of fused-ring (bicyclic) bond motifs is 1. The molecule has 164 valence electrons. The van der Waals surface area contributed by atoms with E-state index in [1.165, 1.54) is 5.56 Å². The van der Waals surface area contributed by atoms with Crippen molar-refractivity contribution >= 4 is 17.7 Å². The quantitative estimate of drug-likeness (QED) is 0.623. The highest BCUT2D eigenvalue weighted by Crippen LogP contribution is 2.31. The van der Waals surface area contributed by atoms with Gasteiger partial charge in [-0.2, -0.15) is 0 Å². The monoisotopic (exact) mass is 415 g/mol. The Kier molecular flexibility index (Phi) is 6.93. The van der Waals surface area contributed by atoms with Crippen LogP contribution in [0.3, 0.4) is 0 Å². The Morgan fingerprint density at radius 1 is 1.33 bits per heavy atom. The number of aromatic nitrogens is 1. The standard InChI is InChI=1S/C23H33N3O4/c1-6-23(28-7-2,29-8-3)16(4)25-21(27)22(5)15-19(26-30-22)20-18-12-10-9-11-17(18)13-14-24-20/h10,12-14,16H,6-9,11,15H2,1-5H3,(H,25,27). The summed E-state index contributed by atoms with van der Waals surface area (Å²) in [6.07, 6.45) is 9.00. The van der Waals surface area contributed by atoms with Gasteiger partial charge >= 0.3 is 0 Å². The molecule has 7 heteroatoms. The predicted octanol–water partition coefficient (Wildman–Crippen LogP) is 3.61. The number of rotatable bonds is 9. The molecule has 2 unspecified atom stereocenters. The minimum absolute atomic E-state index is 0.244. The summed E-state index contributed by atoms with van der Waals surface area (Å²) in [6, 6.07) is 1.68. The molecule has 2 aliphatic rings. The van der Waals surface area contributed by atoms with Crippen LogP contribution in [0.2, 0.25) is 0 Å². The van der Waals surface area contributed by atoms with E-state index < -0.39 is 11.4 Å². The molecule has 1 aliphatic carbocycles. The van der Waals surface area contributed by atoms with E-state index >= 15 is 0 Å². The van der Waals surface area contributed by atoms with Crippen LogP contribution < -0.4 is 5.32 Å².